The number of anilines is 1. The van der Waals surface area contributed by atoms with Gasteiger partial charge in [0.15, 0.2) is 6.61 Å². The summed E-state index contributed by atoms with van der Waals surface area (Å²) in [6.45, 7) is 0.300. The van der Waals surface area contributed by atoms with Gasteiger partial charge in [0, 0.05) is 24.8 Å². The van der Waals surface area contributed by atoms with Crippen molar-refractivity contribution in [2.24, 2.45) is 0 Å². The molecule has 1 fully saturated rings. The van der Waals surface area contributed by atoms with Crippen LogP contribution in [0.25, 0.3) is 0 Å². The van der Waals surface area contributed by atoms with Crippen LogP contribution >= 0.6 is 0 Å². The lowest BCUT2D eigenvalue weighted by atomic mass is 10.0. The minimum Gasteiger partial charge on any atom is -0.497 e. The van der Waals surface area contributed by atoms with Crippen molar-refractivity contribution in [1.29, 1.82) is 0 Å². The fourth-order valence-corrected chi connectivity index (χ4v) is 3.66. The van der Waals surface area contributed by atoms with Crippen molar-refractivity contribution in [3.63, 3.8) is 0 Å². The first-order valence-electron chi connectivity index (χ1n) is 9.54. The van der Waals surface area contributed by atoms with E-state index in [0.29, 0.717) is 29.3 Å². The first-order chi connectivity index (χ1) is 14.1. The van der Waals surface area contributed by atoms with Gasteiger partial charge >= 0.3 is 5.97 Å². The second-order valence-corrected chi connectivity index (χ2v) is 6.72. The highest BCUT2D eigenvalue weighted by Gasteiger charge is 2.32. The molecule has 0 aliphatic carbocycles. The lowest BCUT2D eigenvalue weighted by Gasteiger charge is -2.26. The van der Waals surface area contributed by atoms with Crippen molar-refractivity contribution in [2.45, 2.75) is 18.9 Å². The van der Waals surface area contributed by atoms with Crippen LogP contribution in [0.5, 0.6) is 11.5 Å². The molecule has 7 nitrogen and oxygen atoms in total. The maximum Gasteiger partial charge on any atom is 0.340 e. The van der Waals surface area contributed by atoms with E-state index in [4.69, 9.17) is 14.2 Å². The molecule has 1 heterocycles. The number of nitrogens with zero attached hydrogens (tertiary/aromatic N) is 1. The number of esters is 1. The molecular formula is C22H26N2O5. The fourth-order valence-electron chi connectivity index (χ4n) is 3.66. The van der Waals surface area contributed by atoms with Gasteiger partial charge in [-0.2, -0.15) is 0 Å². The van der Waals surface area contributed by atoms with Gasteiger partial charge in [-0.15, -0.1) is 0 Å². The Balaban J connectivity index is 1.71. The molecular weight excluding hydrogens is 372 g/mol. The van der Waals surface area contributed by atoms with E-state index in [2.05, 4.69) is 5.32 Å². The first-order valence-corrected chi connectivity index (χ1v) is 9.54. The quantitative estimate of drug-likeness (QED) is 0.722. The number of para-hydroxylation sites is 1. The molecule has 2 aromatic rings. The lowest BCUT2D eigenvalue weighted by Crippen LogP contribution is -2.34. The molecule has 29 heavy (non-hydrogen) atoms. The molecule has 7 heteroatoms. The molecule has 0 radical (unpaired) electrons. The van der Waals surface area contributed by atoms with E-state index in [1.165, 1.54) is 0 Å². The monoisotopic (exact) mass is 398 g/mol. The van der Waals surface area contributed by atoms with Crippen LogP contribution in [0.3, 0.4) is 0 Å². The van der Waals surface area contributed by atoms with Crippen LogP contribution in [-0.2, 0) is 9.53 Å². The summed E-state index contributed by atoms with van der Waals surface area (Å²) in [5.74, 6) is 0.649. The predicted octanol–water partition coefficient (Wildman–Crippen LogP) is 3.27. The maximum absolute atomic E-state index is 12.8. The number of likely N-dealkylation sites (tertiary alicyclic amines) is 1. The van der Waals surface area contributed by atoms with Crippen LogP contribution in [0.2, 0.25) is 0 Å². The third-order valence-electron chi connectivity index (χ3n) is 5.11. The van der Waals surface area contributed by atoms with E-state index in [0.717, 1.165) is 18.4 Å². The highest BCUT2D eigenvalue weighted by molar-refractivity contribution is 5.96. The average molecular weight is 398 g/mol. The van der Waals surface area contributed by atoms with E-state index < -0.39 is 5.97 Å². The molecule has 154 valence electrons. The summed E-state index contributed by atoms with van der Waals surface area (Å²) < 4.78 is 16.1. The Labute approximate surface area is 170 Å². The first kappa shape index (κ1) is 20.5. The van der Waals surface area contributed by atoms with Crippen LogP contribution < -0.4 is 14.8 Å². The number of benzene rings is 2. The van der Waals surface area contributed by atoms with Gasteiger partial charge in [-0.1, -0.05) is 12.1 Å². The summed E-state index contributed by atoms with van der Waals surface area (Å²) in [7, 11) is 4.94. The van der Waals surface area contributed by atoms with Crippen molar-refractivity contribution < 1.29 is 23.8 Å². The molecule has 3 rings (SSSR count). The summed E-state index contributed by atoms with van der Waals surface area (Å²) in [4.78, 5) is 27.0. The number of hydrogen-bond acceptors (Lipinski definition) is 6. The van der Waals surface area contributed by atoms with E-state index in [1.54, 1.807) is 44.4 Å². The van der Waals surface area contributed by atoms with Crippen LogP contribution in [0, 0.1) is 0 Å². The van der Waals surface area contributed by atoms with Gasteiger partial charge in [0.1, 0.15) is 11.5 Å². The lowest BCUT2D eigenvalue weighted by molar-refractivity contribution is -0.135. The summed E-state index contributed by atoms with van der Waals surface area (Å²) in [5.41, 5.74) is 1.95. The number of nitrogens with one attached hydrogen (secondary N) is 1. The normalized spacial score (nSPS) is 15.7. The van der Waals surface area contributed by atoms with Gasteiger partial charge < -0.3 is 24.4 Å². The topological polar surface area (TPSA) is 77.1 Å². The largest absolute Gasteiger partial charge is 0.497 e. The molecule has 0 bridgehead atoms. The van der Waals surface area contributed by atoms with Crippen molar-refractivity contribution in [3.05, 3.63) is 53.6 Å². The molecule has 1 aliphatic heterocycles. The molecule has 2 aromatic carbocycles. The fraction of sp³-hybridized carbons (Fsp3) is 0.364. The van der Waals surface area contributed by atoms with Crippen molar-refractivity contribution in [1.82, 2.24) is 4.90 Å². The average Bonchev–Trinajstić information content (AvgIpc) is 3.26. The Morgan fingerprint density at radius 2 is 1.93 bits per heavy atom. The Bertz CT molecular complexity index is 883. The second-order valence-electron chi connectivity index (χ2n) is 6.72. The molecule has 0 aromatic heterocycles. The maximum atomic E-state index is 12.8. The van der Waals surface area contributed by atoms with Gasteiger partial charge in [-0.25, -0.2) is 4.79 Å². The van der Waals surface area contributed by atoms with Crippen molar-refractivity contribution in [3.8, 4) is 11.5 Å². The van der Waals surface area contributed by atoms with E-state index in [1.807, 2.05) is 24.3 Å². The van der Waals surface area contributed by atoms with E-state index in [-0.39, 0.29) is 18.6 Å². The summed E-state index contributed by atoms with van der Waals surface area (Å²) >= 11 is 0. The molecule has 0 saturated carbocycles. The molecule has 1 amide bonds. The summed E-state index contributed by atoms with van der Waals surface area (Å²) in [5, 5.41) is 2.95. The zero-order valence-electron chi connectivity index (χ0n) is 16.9. The van der Waals surface area contributed by atoms with Crippen LogP contribution in [-0.4, -0.2) is 51.2 Å². The van der Waals surface area contributed by atoms with Gasteiger partial charge in [0.05, 0.1) is 25.8 Å². The van der Waals surface area contributed by atoms with Gasteiger partial charge in [-0.05, 0) is 43.2 Å². The summed E-state index contributed by atoms with van der Waals surface area (Å²) in [6.07, 6.45) is 1.68. The third kappa shape index (κ3) is 4.45. The Hall–Kier alpha value is -3.22. The minimum atomic E-state index is -0.530. The molecule has 1 N–H and O–H groups in total. The van der Waals surface area contributed by atoms with Crippen LogP contribution in [0.1, 0.15) is 34.8 Å². The van der Waals surface area contributed by atoms with Crippen LogP contribution in [0.15, 0.2) is 42.5 Å². The highest BCUT2D eigenvalue weighted by Crippen LogP contribution is 2.38. The Morgan fingerprint density at radius 1 is 1.14 bits per heavy atom. The zero-order valence-corrected chi connectivity index (χ0v) is 16.9. The van der Waals surface area contributed by atoms with Gasteiger partial charge in [-0.3, -0.25) is 4.79 Å². The van der Waals surface area contributed by atoms with Crippen LogP contribution in [0.4, 0.5) is 5.69 Å². The molecule has 0 spiro atoms. The Kier molecular flexibility index (Phi) is 6.59. The smallest absolute Gasteiger partial charge is 0.340 e. The number of carbonyl (C=O) groups is 2. The molecule has 1 atom stereocenters. The highest BCUT2D eigenvalue weighted by atomic mass is 16.5. The molecule has 1 aliphatic rings. The minimum absolute atomic E-state index is 0.143. The number of rotatable bonds is 7. The second kappa shape index (κ2) is 9.32. The zero-order chi connectivity index (χ0) is 20.8. The molecule has 1 saturated heterocycles. The molecule has 0 unspecified atom stereocenters. The van der Waals surface area contributed by atoms with Crippen molar-refractivity contribution >= 4 is 17.6 Å². The summed E-state index contributed by atoms with van der Waals surface area (Å²) in [6, 6.07) is 12.4. The van der Waals surface area contributed by atoms with Gasteiger partial charge in [0.25, 0.3) is 5.91 Å². The number of methoxy groups -OCH3 is 2. The Morgan fingerprint density at radius 3 is 2.66 bits per heavy atom. The van der Waals surface area contributed by atoms with E-state index in [9.17, 15) is 9.59 Å². The predicted molar refractivity (Wildman–Crippen MR) is 110 cm³/mol. The van der Waals surface area contributed by atoms with Gasteiger partial charge in [0.2, 0.25) is 0 Å². The number of ether oxygens (including phenoxy) is 3. The SMILES string of the molecule is CNc1ccccc1C(=O)OCC(=O)N1CCC[C@@H]1c1cc(OC)ccc1OC. The third-order valence-corrected chi connectivity index (χ3v) is 5.11. The number of hydrogen-bond donors (Lipinski definition) is 1. The standard InChI is InChI=1S/C22H26N2O5/c1-23-18-8-5-4-7-16(18)22(26)29-14-21(25)24-12-6-9-19(24)17-13-15(27-2)10-11-20(17)28-3/h4-5,7-8,10-11,13,19,23H,6,9,12,14H2,1-3H3/t19-/m1/s1. The number of carbonyl (C=O) groups excluding carboxylic acids is 2. The van der Waals surface area contributed by atoms with Crippen molar-refractivity contribution in [2.75, 3.05) is 39.7 Å². The van der Waals surface area contributed by atoms with E-state index >= 15 is 0 Å². The number of amides is 1.